The Morgan fingerprint density at radius 3 is 2.44 bits per heavy atom. The smallest absolute Gasteiger partial charge is 0.335 e. The van der Waals surface area contributed by atoms with Crippen molar-refractivity contribution in [2.75, 3.05) is 13.6 Å². The first-order valence-corrected chi connectivity index (χ1v) is 15.4. The summed E-state index contributed by atoms with van der Waals surface area (Å²) in [4.78, 5) is 23.1. The highest BCUT2D eigenvalue weighted by atomic mass is 32.2. The molecule has 1 N–H and O–H groups in total. The zero-order chi connectivity index (χ0) is 33.6. The normalized spacial score (nSPS) is 14.0. The minimum atomic E-state index is -1.20. The summed E-state index contributed by atoms with van der Waals surface area (Å²) >= 11 is 1.38. The Kier molecular flexibility index (Phi) is 9.61. The number of aromatic carboxylic acids is 1. The van der Waals surface area contributed by atoms with E-state index >= 15 is 8.78 Å². The maximum absolute atomic E-state index is 16.0. The van der Waals surface area contributed by atoms with E-state index in [4.69, 9.17) is 14.2 Å². The first-order valence-electron chi connectivity index (χ1n) is 14.6. The van der Waals surface area contributed by atoms with E-state index in [1.165, 1.54) is 42.1 Å². The molecule has 240 valence electrons. The van der Waals surface area contributed by atoms with E-state index in [2.05, 4.69) is 9.98 Å². The number of benzene rings is 4. The van der Waals surface area contributed by atoms with Crippen molar-refractivity contribution in [2.45, 2.75) is 22.6 Å². The van der Waals surface area contributed by atoms with Crippen LogP contribution in [0.5, 0.6) is 28.9 Å². The predicted molar refractivity (Wildman–Crippen MR) is 174 cm³/mol. The minimum absolute atomic E-state index is 0.00862. The summed E-state index contributed by atoms with van der Waals surface area (Å²) in [6.07, 6.45) is 2.04. The Balaban J connectivity index is 1.30. The van der Waals surface area contributed by atoms with Gasteiger partial charge in [0.15, 0.2) is 17.3 Å². The zero-order valence-corrected chi connectivity index (χ0v) is 26.2. The highest BCUT2D eigenvalue weighted by Gasteiger charge is 2.27. The first-order chi connectivity index (χ1) is 23.3. The number of nitrogens with zero attached hydrogens (tertiary/aromatic N) is 4. The Labute approximate surface area is 278 Å². The fourth-order valence-corrected chi connectivity index (χ4v) is 5.68. The van der Waals surface area contributed by atoms with Gasteiger partial charge in [-0.3, -0.25) is 9.89 Å². The highest BCUT2D eigenvalue weighted by Crippen LogP contribution is 2.42. The van der Waals surface area contributed by atoms with E-state index in [0.717, 1.165) is 21.6 Å². The Hall–Kier alpha value is -5.77. The Morgan fingerprint density at radius 2 is 1.73 bits per heavy atom. The van der Waals surface area contributed by atoms with E-state index in [9.17, 15) is 15.2 Å². The van der Waals surface area contributed by atoms with Crippen molar-refractivity contribution in [1.29, 1.82) is 5.26 Å². The lowest BCUT2D eigenvalue weighted by Crippen LogP contribution is -2.19. The SMILES string of the molecule is CN1CC=NC1c1cc(Sc2ccc(C(=O)O)cc2)ccc1Oc1c(F)cnc(Oc2cc(C#N)ccc2OCc2ccccc2)c1F. The number of nitriles is 1. The van der Waals surface area contributed by atoms with Crippen LogP contribution in [-0.2, 0) is 6.61 Å². The molecular weight excluding hydrogens is 638 g/mol. The standard InChI is InChI=1S/C36H26F2N4O5S/c1-42-16-15-40-34(42)27-18-26(48-25-10-8-24(9-11-25)36(43)44)12-14-29(27)46-33-28(37)20-41-35(32(33)38)47-31-17-23(19-39)7-13-30(31)45-21-22-5-3-2-4-6-22/h2-15,17-18,20,34H,16,21H2,1H3,(H,43,44). The molecule has 1 aromatic heterocycles. The molecule has 1 atom stereocenters. The molecule has 0 saturated carbocycles. The van der Waals surface area contributed by atoms with Crippen LogP contribution in [0.25, 0.3) is 0 Å². The third-order valence-electron chi connectivity index (χ3n) is 7.26. The second-order valence-corrected chi connectivity index (χ2v) is 11.7. The van der Waals surface area contributed by atoms with Gasteiger partial charge in [-0.1, -0.05) is 42.1 Å². The van der Waals surface area contributed by atoms with Crippen molar-refractivity contribution in [1.82, 2.24) is 9.88 Å². The number of halogens is 2. The molecule has 0 aliphatic carbocycles. The van der Waals surface area contributed by atoms with Crippen LogP contribution in [0.4, 0.5) is 8.78 Å². The molecule has 1 unspecified atom stereocenters. The number of aromatic nitrogens is 1. The fraction of sp³-hybridized carbons (Fsp3) is 0.111. The molecule has 0 amide bonds. The molecule has 1 aliphatic heterocycles. The van der Waals surface area contributed by atoms with E-state index in [1.54, 1.807) is 30.5 Å². The van der Waals surface area contributed by atoms with E-state index in [1.807, 2.05) is 54.4 Å². The summed E-state index contributed by atoms with van der Waals surface area (Å²) in [5.74, 6) is -4.21. The van der Waals surface area contributed by atoms with Gasteiger partial charge in [-0.15, -0.1) is 0 Å². The van der Waals surface area contributed by atoms with Gasteiger partial charge in [0.1, 0.15) is 18.5 Å². The number of carboxylic acid groups (broad SMARTS) is 1. The fourth-order valence-electron chi connectivity index (χ4n) is 4.82. The van der Waals surface area contributed by atoms with Gasteiger partial charge >= 0.3 is 5.97 Å². The van der Waals surface area contributed by atoms with Crippen LogP contribution in [-0.4, -0.2) is 40.8 Å². The maximum Gasteiger partial charge on any atom is 0.335 e. The van der Waals surface area contributed by atoms with Crippen LogP contribution >= 0.6 is 11.8 Å². The number of hydrogen-bond acceptors (Lipinski definition) is 9. The van der Waals surface area contributed by atoms with E-state index in [-0.39, 0.29) is 35.0 Å². The third kappa shape index (κ3) is 7.28. The minimum Gasteiger partial charge on any atom is -0.485 e. The molecular formula is C36H26F2N4O5S. The predicted octanol–water partition coefficient (Wildman–Crippen LogP) is 8.26. The van der Waals surface area contributed by atoms with Crippen LogP contribution in [0.1, 0.15) is 33.2 Å². The lowest BCUT2D eigenvalue weighted by Gasteiger charge is -2.22. The van der Waals surface area contributed by atoms with Crippen molar-refractivity contribution in [3.8, 4) is 34.9 Å². The molecule has 0 bridgehead atoms. The number of carbonyl (C=O) groups is 1. The van der Waals surface area contributed by atoms with Crippen LogP contribution in [0.3, 0.4) is 0 Å². The van der Waals surface area contributed by atoms with Gasteiger partial charge in [0.2, 0.25) is 11.6 Å². The van der Waals surface area contributed by atoms with Crippen molar-refractivity contribution >= 4 is 23.9 Å². The quantitative estimate of drug-likeness (QED) is 0.149. The maximum atomic E-state index is 16.0. The second-order valence-electron chi connectivity index (χ2n) is 10.6. The summed E-state index contributed by atoms with van der Waals surface area (Å²) in [7, 11) is 1.86. The monoisotopic (exact) mass is 664 g/mol. The van der Waals surface area contributed by atoms with Gasteiger partial charge in [0.25, 0.3) is 5.88 Å². The molecule has 48 heavy (non-hydrogen) atoms. The molecule has 12 heteroatoms. The molecule has 0 saturated heterocycles. The van der Waals surface area contributed by atoms with Gasteiger partial charge in [0.05, 0.1) is 23.4 Å². The number of ether oxygens (including phenoxy) is 3. The Morgan fingerprint density at radius 1 is 0.979 bits per heavy atom. The van der Waals surface area contributed by atoms with Gasteiger partial charge in [-0.2, -0.15) is 9.65 Å². The van der Waals surface area contributed by atoms with Crippen molar-refractivity contribution in [3.63, 3.8) is 0 Å². The van der Waals surface area contributed by atoms with E-state index < -0.39 is 35.4 Å². The largest absolute Gasteiger partial charge is 0.485 e. The number of carboxylic acids is 1. The Bertz CT molecular complexity index is 2040. The van der Waals surface area contributed by atoms with Gasteiger partial charge < -0.3 is 19.3 Å². The molecule has 9 nitrogen and oxygen atoms in total. The highest BCUT2D eigenvalue weighted by molar-refractivity contribution is 7.99. The molecule has 6 rings (SSSR count). The number of hydrogen-bond donors (Lipinski definition) is 1. The summed E-state index contributed by atoms with van der Waals surface area (Å²) in [5, 5.41) is 18.7. The molecule has 0 spiro atoms. The van der Waals surface area contributed by atoms with Crippen molar-refractivity contribution in [3.05, 3.63) is 131 Å². The molecule has 5 aromatic rings. The number of pyridine rings is 1. The van der Waals surface area contributed by atoms with Crippen molar-refractivity contribution in [2.24, 2.45) is 4.99 Å². The van der Waals surface area contributed by atoms with Gasteiger partial charge in [-0.25, -0.2) is 14.2 Å². The van der Waals surface area contributed by atoms with E-state index in [0.29, 0.717) is 12.1 Å². The lowest BCUT2D eigenvalue weighted by atomic mass is 10.1. The summed E-state index contributed by atoms with van der Waals surface area (Å²) < 4.78 is 48.7. The summed E-state index contributed by atoms with van der Waals surface area (Å²) in [6, 6.07) is 27.4. The average molecular weight is 665 g/mol. The molecule has 0 fully saturated rings. The molecule has 4 aromatic carbocycles. The third-order valence-corrected chi connectivity index (χ3v) is 8.26. The lowest BCUT2D eigenvalue weighted by molar-refractivity contribution is 0.0696. The van der Waals surface area contributed by atoms with Crippen LogP contribution in [0, 0.1) is 23.0 Å². The van der Waals surface area contributed by atoms with Crippen LogP contribution in [0.15, 0.2) is 112 Å². The molecule has 1 aliphatic rings. The first kappa shape index (κ1) is 32.2. The number of rotatable bonds is 11. The van der Waals surface area contributed by atoms with Crippen LogP contribution < -0.4 is 14.2 Å². The summed E-state index contributed by atoms with van der Waals surface area (Å²) in [5.41, 5.74) is 1.83. The average Bonchev–Trinajstić information content (AvgIpc) is 3.53. The number of aliphatic imine (C=N–C) groups is 1. The molecule has 2 heterocycles. The summed E-state index contributed by atoms with van der Waals surface area (Å²) in [6.45, 7) is 0.740. The van der Waals surface area contributed by atoms with Crippen molar-refractivity contribution < 1.29 is 32.9 Å². The second kappa shape index (κ2) is 14.3. The van der Waals surface area contributed by atoms with Crippen LogP contribution in [0.2, 0.25) is 0 Å². The zero-order valence-electron chi connectivity index (χ0n) is 25.3. The molecule has 0 radical (unpaired) electrons. The van der Waals surface area contributed by atoms with Gasteiger partial charge in [-0.05, 0) is 67.2 Å². The van der Waals surface area contributed by atoms with Gasteiger partial charge in [0, 0.05) is 34.2 Å². The topological polar surface area (TPSA) is 117 Å².